The van der Waals surface area contributed by atoms with Gasteiger partial charge in [0.15, 0.2) is 6.39 Å². The molecule has 2 rings (SSSR count). The summed E-state index contributed by atoms with van der Waals surface area (Å²) in [5, 5.41) is 2.67. The molecule has 1 amide bonds. The molecule has 0 aliphatic carbocycles. The third-order valence-corrected chi connectivity index (χ3v) is 2.70. The molecule has 0 saturated carbocycles. The summed E-state index contributed by atoms with van der Waals surface area (Å²) in [6.45, 7) is 7.56. The summed E-state index contributed by atoms with van der Waals surface area (Å²) < 4.78 is 16.0. The second kappa shape index (κ2) is 6.51. The van der Waals surface area contributed by atoms with Gasteiger partial charge in [0, 0.05) is 11.8 Å². The number of aromatic nitrogens is 1. The number of hydrogen-bond donors (Lipinski definition) is 1. The number of rotatable bonds is 4. The molecule has 0 unspecified atom stereocenters. The molecule has 1 aromatic carbocycles. The van der Waals surface area contributed by atoms with Crippen molar-refractivity contribution in [1.82, 2.24) is 4.98 Å². The summed E-state index contributed by atoms with van der Waals surface area (Å²) in [4.78, 5) is 15.8. The summed E-state index contributed by atoms with van der Waals surface area (Å²) in [5.74, 6) is 1.35. The minimum absolute atomic E-state index is 0.304. The van der Waals surface area contributed by atoms with Crippen molar-refractivity contribution in [3.63, 3.8) is 0 Å². The first-order valence-corrected chi connectivity index (χ1v) is 6.95. The lowest BCUT2D eigenvalue weighted by Gasteiger charge is -2.19. The van der Waals surface area contributed by atoms with E-state index in [4.69, 9.17) is 13.9 Å². The van der Waals surface area contributed by atoms with Crippen molar-refractivity contribution in [2.75, 3.05) is 5.32 Å². The van der Waals surface area contributed by atoms with Crippen LogP contribution in [0.4, 0.5) is 10.5 Å². The number of carbonyl (C=O) groups excluding carboxylic acids is 1. The maximum absolute atomic E-state index is 11.7. The van der Waals surface area contributed by atoms with Crippen molar-refractivity contribution in [3.05, 3.63) is 42.1 Å². The largest absolute Gasteiger partial charge is 0.487 e. The first-order chi connectivity index (χ1) is 10.3. The SMILES string of the molecule is Cc1ocnc1COc1cccc(NC(=O)OC(C)(C)C)c1. The molecule has 0 radical (unpaired) electrons. The van der Waals surface area contributed by atoms with E-state index in [-0.39, 0.29) is 0 Å². The summed E-state index contributed by atoms with van der Waals surface area (Å²) in [6, 6.07) is 7.07. The number of anilines is 1. The molecule has 0 spiro atoms. The number of aryl methyl sites for hydroxylation is 1. The maximum Gasteiger partial charge on any atom is 0.412 e. The Bertz CT molecular complexity index is 644. The Kier molecular flexibility index (Phi) is 4.70. The molecule has 6 heteroatoms. The predicted octanol–water partition coefficient (Wildman–Crippen LogP) is 3.91. The summed E-state index contributed by atoms with van der Waals surface area (Å²) in [7, 11) is 0. The topological polar surface area (TPSA) is 73.6 Å². The second-order valence-corrected chi connectivity index (χ2v) is 5.80. The van der Waals surface area contributed by atoms with Crippen LogP contribution in [-0.4, -0.2) is 16.7 Å². The molecular weight excluding hydrogens is 284 g/mol. The average Bonchev–Trinajstić information content (AvgIpc) is 2.80. The summed E-state index contributed by atoms with van der Waals surface area (Å²) in [5.41, 5.74) is 0.803. The second-order valence-electron chi connectivity index (χ2n) is 5.80. The Morgan fingerprint density at radius 1 is 1.36 bits per heavy atom. The van der Waals surface area contributed by atoms with E-state index in [1.165, 1.54) is 6.39 Å². The molecule has 0 aliphatic rings. The molecule has 0 atom stereocenters. The van der Waals surface area contributed by atoms with Gasteiger partial charge in [-0.15, -0.1) is 0 Å². The van der Waals surface area contributed by atoms with Crippen molar-refractivity contribution < 1.29 is 18.7 Å². The first-order valence-electron chi connectivity index (χ1n) is 6.95. The fourth-order valence-electron chi connectivity index (χ4n) is 1.70. The molecule has 118 valence electrons. The molecule has 1 aromatic heterocycles. The zero-order valence-electron chi connectivity index (χ0n) is 13.2. The lowest BCUT2D eigenvalue weighted by molar-refractivity contribution is 0.0636. The zero-order chi connectivity index (χ0) is 16.2. The number of hydrogen-bond acceptors (Lipinski definition) is 5. The Labute approximate surface area is 129 Å². The van der Waals surface area contributed by atoms with Gasteiger partial charge in [0.25, 0.3) is 0 Å². The zero-order valence-corrected chi connectivity index (χ0v) is 13.2. The maximum atomic E-state index is 11.7. The molecule has 0 aliphatic heterocycles. The van der Waals surface area contributed by atoms with Gasteiger partial charge >= 0.3 is 6.09 Å². The van der Waals surface area contributed by atoms with Gasteiger partial charge in [0.05, 0.1) is 0 Å². The van der Waals surface area contributed by atoms with Gasteiger partial charge in [-0.1, -0.05) is 6.07 Å². The Morgan fingerprint density at radius 3 is 2.77 bits per heavy atom. The predicted molar refractivity (Wildman–Crippen MR) is 81.9 cm³/mol. The molecule has 2 aromatic rings. The van der Waals surface area contributed by atoms with E-state index in [0.717, 1.165) is 11.5 Å². The molecule has 0 fully saturated rings. The van der Waals surface area contributed by atoms with Crippen LogP contribution in [0.3, 0.4) is 0 Å². The van der Waals surface area contributed by atoms with E-state index < -0.39 is 11.7 Å². The highest BCUT2D eigenvalue weighted by Crippen LogP contribution is 2.20. The first kappa shape index (κ1) is 15.9. The number of oxazole rings is 1. The third-order valence-electron chi connectivity index (χ3n) is 2.70. The van der Waals surface area contributed by atoms with Crippen LogP contribution in [0.1, 0.15) is 32.2 Å². The Morgan fingerprint density at radius 2 is 2.14 bits per heavy atom. The van der Waals surface area contributed by atoms with Crippen molar-refractivity contribution in [1.29, 1.82) is 0 Å². The van der Waals surface area contributed by atoms with Crippen LogP contribution in [-0.2, 0) is 11.3 Å². The number of nitrogens with one attached hydrogen (secondary N) is 1. The highest BCUT2D eigenvalue weighted by atomic mass is 16.6. The Hall–Kier alpha value is -2.50. The molecule has 22 heavy (non-hydrogen) atoms. The molecule has 1 heterocycles. The molecular formula is C16H20N2O4. The van der Waals surface area contributed by atoms with E-state index in [1.807, 2.05) is 27.7 Å². The van der Waals surface area contributed by atoms with Crippen molar-refractivity contribution in [2.24, 2.45) is 0 Å². The molecule has 1 N–H and O–H groups in total. The lowest BCUT2D eigenvalue weighted by atomic mass is 10.2. The molecule has 0 bridgehead atoms. The molecule has 0 saturated heterocycles. The van der Waals surface area contributed by atoms with Gasteiger partial charge in [0.1, 0.15) is 29.4 Å². The number of amides is 1. The lowest BCUT2D eigenvalue weighted by Crippen LogP contribution is -2.27. The standard InChI is InChI=1S/C16H20N2O4/c1-11-14(17-10-21-11)9-20-13-7-5-6-12(8-13)18-15(19)22-16(2,3)4/h5-8,10H,9H2,1-4H3,(H,18,19). The van der Waals surface area contributed by atoms with Crippen molar-refractivity contribution in [2.45, 2.75) is 39.9 Å². The highest BCUT2D eigenvalue weighted by molar-refractivity contribution is 5.85. The number of ether oxygens (including phenoxy) is 2. The highest BCUT2D eigenvalue weighted by Gasteiger charge is 2.16. The summed E-state index contributed by atoms with van der Waals surface area (Å²) >= 11 is 0. The third kappa shape index (κ3) is 4.80. The fraction of sp³-hybridized carbons (Fsp3) is 0.375. The van der Waals surface area contributed by atoms with Gasteiger partial charge in [-0.3, -0.25) is 5.32 Å². The Balaban J connectivity index is 1.95. The van der Waals surface area contributed by atoms with E-state index in [1.54, 1.807) is 24.3 Å². The average molecular weight is 304 g/mol. The van der Waals surface area contributed by atoms with Crippen molar-refractivity contribution in [3.8, 4) is 5.75 Å². The van der Waals surface area contributed by atoms with Gasteiger partial charge in [-0.05, 0) is 39.8 Å². The van der Waals surface area contributed by atoms with Crippen LogP contribution in [0.5, 0.6) is 5.75 Å². The fourth-order valence-corrected chi connectivity index (χ4v) is 1.70. The van der Waals surface area contributed by atoms with Gasteiger partial charge in [0.2, 0.25) is 0 Å². The van der Waals surface area contributed by atoms with Crippen LogP contribution >= 0.6 is 0 Å². The smallest absolute Gasteiger partial charge is 0.412 e. The van der Waals surface area contributed by atoms with Crippen LogP contribution in [0.25, 0.3) is 0 Å². The monoisotopic (exact) mass is 304 g/mol. The number of benzene rings is 1. The van der Waals surface area contributed by atoms with Crippen LogP contribution in [0.2, 0.25) is 0 Å². The van der Waals surface area contributed by atoms with Crippen LogP contribution in [0, 0.1) is 6.92 Å². The van der Waals surface area contributed by atoms with E-state index in [0.29, 0.717) is 18.0 Å². The van der Waals surface area contributed by atoms with Gasteiger partial charge in [-0.25, -0.2) is 9.78 Å². The summed E-state index contributed by atoms with van der Waals surface area (Å²) in [6.07, 6.45) is 0.881. The van der Waals surface area contributed by atoms with Crippen LogP contribution in [0.15, 0.2) is 35.1 Å². The quantitative estimate of drug-likeness (QED) is 0.927. The van der Waals surface area contributed by atoms with E-state index >= 15 is 0 Å². The van der Waals surface area contributed by atoms with E-state index in [2.05, 4.69) is 10.3 Å². The molecule has 6 nitrogen and oxygen atoms in total. The normalized spacial score (nSPS) is 11.1. The minimum atomic E-state index is -0.539. The number of nitrogens with zero attached hydrogens (tertiary/aromatic N) is 1. The minimum Gasteiger partial charge on any atom is -0.487 e. The van der Waals surface area contributed by atoms with Crippen molar-refractivity contribution >= 4 is 11.8 Å². The van der Waals surface area contributed by atoms with Gasteiger partial charge in [-0.2, -0.15) is 0 Å². The van der Waals surface area contributed by atoms with E-state index in [9.17, 15) is 4.79 Å². The van der Waals surface area contributed by atoms with Gasteiger partial charge < -0.3 is 13.9 Å². The van der Waals surface area contributed by atoms with Crippen LogP contribution < -0.4 is 10.1 Å². The number of carbonyl (C=O) groups is 1.